The molecule has 0 radical (unpaired) electrons. The first-order valence-corrected chi connectivity index (χ1v) is 10.8. The van der Waals surface area contributed by atoms with Crippen molar-refractivity contribution in [1.82, 2.24) is 15.6 Å². The number of amides is 1. The fraction of sp³-hybridized carbons (Fsp3) is 0.125. The van der Waals surface area contributed by atoms with Gasteiger partial charge in [-0.25, -0.2) is 5.43 Å². The minimum atomic E-state index is -0.332. The summed E-state index contributed by atoms with van der Waals surface area (Å²) in [5, 5.41) is 13.0. The molecule has 0 saturated carbocycles. The number of benzene rings is 2. The predicted molar refractivity (Wildman–Crippen MR) is 125 cm³/mol. The number of nitrogens with one attached hydrogen (secondary N) is 2. The third kappa shape index (κ3) is 5.04. The fourth-order valence-electron chi connectivity index (χ4n) is 3.04. The van der Waals surface area contributed by atoms with Crippen molar-refractivity contribution in [1.29, 1.82) is 0 Å². The number of methoxy groups -OCH3 is 1. The van der Waals surface area contributed by atoms with Crippen LogP contribution in [0.25, 0.3) is 11.3 Å². The van der Waals surface area contributed by atoms with E-state index in [-0.39, 0.29) is 5.91 Å². The zero-order chi connectivity index (χ0) is 22.3. The lowest BCUT2D eigenvalue weighted by Gasteiger charge is -2.07. The summed E-state index contributed by atoms with van der Waals surface area (Å²) in [5.41, 5.74) is 7.21. The Morgan fingerprint density at radius 1 is 1.22 bits per heavy atom. The SMILES string of the molecule is COc1cccc(-c2[nH]ncc2/C=N/NC(=O)c2sccc2OCc2ccc(C)cc2)c1. The summed E-state index contributed by atoms with van der Waals surface area (Å²) in [6, 6.07) is 17.5. The van der Waals surface area contributed by atoms with E-state index in [0.717, 1.165) is 28.1 Å². The molecule has 0 saturated heterocycles. The highest BCUT2D eigenvalue weighted by molar-refractivity contribution is 7.12. The summed E-state index contributed by atoms with van der Waals surface area (Å²) < 4.78 is 11.1. The van der Waals surface area contributed by atoms with Crippen molar-refractivity contribution < 1.29 is 14.3 Å². The molecular weight excluding hydrogens is 424 g/mol. The molecule has 0 fully saturated rings. The van der Waals surface area contributed by atoms with Gasteiger partial charge in [0.15, 0.2) is 0 Å². The first-order chi connectivity index (χ1) is 15.6. The molecule has 4 aromatic rings. The number of nitrogens with zero attached hydrogens (tertiary/aromatic N) is 2. The van der Waals surface area contributed by atoms with Gasteiger partial charge in [0.1, 0.15) is 23.0 Å². The van der Waals surface area contributed by atoms with E-state index in [1.54, 1.807) is 25.6 Å². The number of thiophene rings is 1. The van der Waals surface area contributed by atoms with Crippen LogP contribution in [0, 0.1) is 6.92 Å². The van der Waals surface area contributed by atoms with Crippen molar-refractivity contribution in [2.24, 2.45) is 5.10 Å². The van der Waals surface area contributed by atoms with Crippen LogP contribution in [0.15, 0.2) is 71.3 Å². The van der Waals surface area contributed by atoms with Crippen LogP contribution in [0.2, 0.25) is 0 Å². The average molecular weight is 447 g/mol. The van der Waals surface area contributed by atoms with Gasteiger partial charge in [0.2, 0.25) is 0 Å². The Kier molecular flexibility index (Phi) is 6.62. The predicted octanol–water partition coefficient (Wildman–Crippen LogP) is 4.80. The van der Waals surface area contributed by atoms with Crippen molar-refractivity contribution in [2.75, 3.05) is 7.11 Å². The van der Waals surface area contributed by atoms with E-state index in [1.165, 1.54) is 16.9 Å². The molecule has 0 aliphatic heterocycles. The second-order valence-corrected chi connectivity index (χ2v) is 7.94. The molecule has 4 rings (SSSR count). The monoisotopic (exact) mass is 446 g/mol. The molecule has 0 bridgehead atoms. The van der Waals surface area contributed by atoms with Gasteiger partial charge in [0.05, 0.1) is 25.2 Å². The van der Waals surface area contributed by atoms with Crippen molar-refractivity contribution in [3.8, 4) is 22.8 Å². The number of hydrogen-bond donors (Lipinski definition) is 2. The normalized spacial score (nSPS) is 10.9. The Balaban J connectivity index is 1.40. The number of H-pyrrole nitrogens is 1. The Morgan fingerprint density at radius 2 is 2.06 bits per heavy atom. The average Bonchev–Trinajstić information content (AvgIpc) is 3.48. The van der Waals surface area contributed by atoms with Gasteiger partial charge in [-0.15, -0.1) is 11.3 Å². The van der Waals surface area contributed by atoms with Crippen LogP contribution in [-0.4, -0.2) is 29.4 Å². The molecule has 0 aliphatic rings. The Labute approximate surface area is 189 Å². The van der Waals surface area contributed by atoms with Crippen molar-refractivity contribution >= 4 is 23.5 Å². The number of rotatable bonds is 8. The number of aromatic amines is 1. The largest absolute Gasteiger partial charge is 0.497 e. The molecule has 0 atom stereocenters. The quantitative estimate of drug-likeness (QED) is 0.301. The molecular formula is C24H22N4O3S. The zero-order valence-corrected chi connectivity index (χ0v) is 18.5. The second kappa shape index (κ2) is 9.93. The van der Waals surface area contributed by atoms with E-state index >= 15 is 0 Å². The summed E-state index contributed by atoms with van der Waals surface area (Å²) in [6.07, 6.45) is 3.20. The standard InChI is InChI=1S/C24H22N4O3S/c1-16-6-8-17(9-7-16)15-31-21-10-11-32-23(21)24(29)28-26-14-19-13-25-27-22(19)18-4-3-5-20(12-18)30-2/h3-14H,15H2,1-2H3,(H,25,27)(H,28,29)/b26-14+. The summed E-state index contributed by atoms with van der Waals surface area (Å²) in [5.74, 6) is 0.939. The Bertz CT molecular complexity index is 1230. The lowest BCUT2D eigenvalue weighted by molar-refractivity contribution is 0.0955. The number of aryl methyl sites for hydroxylation is 1. The van der Waals surface area contributed by atoms with Crippen LogP contribution in [0.5, 0.6) is 11.5 Å². The van der Waals surface area contributed by atoms with E-state index in [9.17, 15) is 4.79 Å². The summed E-state index contributed by atoms with van der Waals surface area (Å²) in [7, 11) is 1.62. The lowest BCUT2D eigenvalue weighted by Crippen LogP contribution is -2.17. The van der Waals surface area contributed by atoms with Crippen LogP contribution in [0.1, 0.15) is 26.4 Å². The van der Waals surface area contributed by atoms with Crippen LogP contribution in [0.4, 0.5) is 0 Å². The number of hydrazone groups is 1. The van der Waals surface area contributed by atoms with Gasteiger partial charge >= 0.3 is 0 Å². The van der Waals surface area contributed by atoms with Crippen LogP contribution in [-0.2, 0) is 6.61 Å². The highest BCUT2D eigenvalue weighted by atomic mass is 32.1. The van der Waals surface area contributed by atoms with Gasteiger partial charge in [0, 0.05) is 11.1 Å². The second-order valence-electron chi connectivity index (χ2n) is 7.02. The molecule has 2 heterocycles. The summed E-state index contributed by atoms with van der Waals surface area (Å²) in [4.78, 5) is 13.1. The molecule has 0 aliphatic carbocycles. The molecule has 32 heavy (non-hydrogen) atoms. The maximum Gasteiger partial charge on any atom is 0.285 e. The van der Waals surface area contributed by atoms with E-state index < -0.39 is 0 Å². The van der Waals surface area contributed by atoms with Gasteiger partial charge < -0.3 is 9.47 Å². The van der Waals surface area contributed by atoms with Crippen molar-refractivity contribution in [3.05, 3.63) is 87.7 Å². The molecule has 0 unspecified atom stereocenters. The third-order valence-corrected chi connectivity index (χ3v) is 5.64. The molecule has 8 heteroatoms. The van der Waals surface area contributed by atoms with Gasteiger partial charge in [-0.2, -0.15) is 10.2 Å². The first kappa shape index (κ1) is 21.3. The number of carbonyl (C=O) groups excluding carboxylic acids is 1. The number of hydrogen-bond acceptors (Lipinski definition) is 6. The van der Waals surface area contributed by atoms with Crippen LogP contribution < -0.4 is 14.9 Å². The molecule has 2 aromatic heterocycles. The van der Waals surface area contributed by atoms with Gasteiger partial charge in [-0.1, -0.05) is 42.0 Å². The zero-order valence-electron chi connectivity index (χ0n) is 17.7. The maximum atomic E-state index is 12.6. The molecule has 2 N–H and O–H groups in total. The van der Waals surface area contributed by atoms with Crippen molar-refractivity contribution in [3.63, 3.8) is 0 Å². The Hall–Kier alpha value is -3.91. The molecule has 0 spiro atoms. The van der Waals surface area contributed by atoms with Crippen LogP contribution >= 0.6 is 11.3 Å². The first-order valence-electron chi connectivity index (χ1n) is 9.91. The number of carbonyl (C=O) groups is 1. The smallest absolute Gasteiger partial charge is 0.285 e. The highest BCUT2D eigenvalue weighted by Gasteiger charge is 2.14. The van der Waals surface area contributed by atoms with Gasteiger partial charge in [-0.05, 0) is 36.1 Å². The van der Waals surface area contributed by atoms with E-state index in [2.05, 4.69) is 20.7 Å². The molecule has 7 nitrogen and oxygen atoms in total. The number of ether oxygens (including phenoxy) is 2. The summed E-state index contributed by atoms with van der Waals surface area (Å²) >= 11 is 1.30. The minimum absolute atomic E-state index is 0.332. The molecule has 162 valence electrons. The molecule has 1 amide bonds. The number of aromatic nitrogens is 2. The minimum Gasteiger partial charge on any atom is -0.497 e. The summed E-state index contributed by atoms with van der Waals surface area (Å²) in [6.45, 7) is 2.43. The third-order valence-electron chi connectivity index (χ3n) is 4.75. The van der Waals surface area contributed by atoms with E-state index in [1.807, 2.05) is 60.8 Å². The van der Waals surface area contributed by atoms with E-state index in [4.69, 9.17) is 9.47 Å². The maximum absolute atomic E-state index is 12.6. The van der Waals surface area contributed by atoms with Gasteiger partial charge in [0.25, 0.3) is 5.91 Å². The van der Waals surface area contributed by atoms with Crippen molar-refractivity contribution in [2.45, 2.75) is 13.5 Å². The Morgan fingerprint density at radius 3 is 2.88 bits per heavy atom. The van der Waals surface area contributed by atoms with Crippen LogP contribution in [0.3, 0.4) is 0 Å². The topological polar surface area (TPSA) is 88.6 Å². The molecule has 2 aromatic carbocycles. The van der Waals surface area contributed by atoms with Gasteiger partial charge in [-0.3, -0.25) is 9.89 Å². The fourth-order valence-corrected chi connectivity index (χ4v) is 3.76. The lowest BCUT2D eigenvalue weighted by atomic mass is 10.1. The van der Waals surface area contributed by atoms with E-state index in [0.29, 0.717) is 17.2 Å². The highest BCUT2D eigenvalue weighted by Crippen LogP contribution is 2.26.